The minimum absolute atomic E-state index is 0. The first-order chi connectivity index (χ1) is 4.27. The molecule has 0 aliphatic rings. The van der Waals surface area contributed by atoms with Crippen molar-refractivity contribution >= 4 is 5.97 Å². The van der Waals surface area contributed by atoms with E-state index in [9.17, 15) is 4.79 Å². The van der Waals surface area contributed by atoms with Crippen molar-refractivity contribution in [3.63, 3.8) is 0 Å². The Hall–Kier alpha value is 0.0934. The minimum atomic E-state index is -0.675. The molecule has 0 aromatic carbocycles. The number of unbranched alkanes of at least 4 members (excludes halogenated alkanes) is 3. The second kappa shape index (κ2) is 9.09. The van der Waals surface area contributed by atoms with E-state index in [1.165, 1.54) is 6.42 Å². The molecule has 1 radical (unpaired) electrons. The van der Waals surface area contributed by atoms with E-state index in [-0.39, 0.29) is 19.5 Å². The van der Waals surface area contributed by atoms with Gasteiger partial charge in [0.05, 0.1) is 0 Å². The maximum atomic E-state index is 9.96. The first-order valence-corrected chi connectivity index (χ1v) is 3.49. The normalized spacial score (nSPS) is 8.50. The topological polar surface area (TPSA) is 37.3 Å². The summed E-state index contributed by atoms with van der Waals surface area (Å²) in [5.74, 6) is -0.675. The second-order valence-corrected chi connectivity index (χ2v) is 2.20. The van der Waals surface area contributed by atoms with Gasteiger partial charge in [0.2, 0.25) is 0 Å². The second-order valence-electron chi connectivity index (χ2n) is 2.20. The molecule has 0 aromatic heterocycles. The predicted octanol–water partition coefficient (Wildman–Crippen LogP) is 2.04. The van der Waals surface area contributed by atoms with Gasteiger partial charge in [0.15, 0.2) is 0 Å². The molecule has 0 saturated carbocycles. The van der Waals surface area contributed by atoms with Crippen LogP contribution in [0.5, 0.6) is 0 Å². The summed E-state index contributed by atoms with van der Waals surface area (Å²) in [6.07, 6.45) is 4.55. The summed E-state index contributed by atoms with van der Waals surface area (Å²) < 4.78 is 0. The van der Waals surface area contributed by atoms with E-state index in [0.717, 1.165) is 19.3 Å². The molecule has 2 nitrogen and oxygen atoms in total. The number of carbonyl (C=O) groups is 1. The zero-order chi connectivity index (χ0) is 7.11. The molecule has 1 N–H and O–H groups in total. The van der Waals surface area contributed by atoms with Gasteiger partial charge in [-0.15, -0.1) is 0 Å². The number of rotatable bonds is 5. The van der Waals surface area contributed by atoms with Gasteiger partial charge in [-0.3, -0.25) is 4.79 Å². The molecule has 0 aliphatic carbocycles. The summed E-state index contributed by atoms with van der Waals surface area (Å²) >= 11 is 0. The maximum Gasteiger partial charge on any atom is 0.303 e. The Labute approximate surface area is 74.8 Å². The molecule has 0 spiro atoms. The van der Waals surface area contributed by atoms with Crippen molar-refractivity contribution in [2.45, 2.75) is 39.0 Å². The van der Waals surface area contributed by atoms with Crippen LogP contribution < -0.4 is 0 Å². The molecular weight excluding hydrogens is 219 g/mol. The molecule has 0 atom stereocenters. The van der Waals surface area contributed by atoms with Gasteiger partial charge in [0.1, 0.15) is 0 Å². The molecule has 0 aromatic rings. The van der Waals surface area contributed by atoms with Crippen LogP contribution in [-0.2, 0) is 24.3 Å². The molecule has 63 valence electrons. The quantitative estimate of drug-likeness (QED) is 0.582. The van der Waals surface area contributed by atoms with Gasteiger partial charge in [0, 0.05) is 25.9 Å². The van der Waals surface area contributed by atoms with Gasteiger partial charge < -0.3 is 5.11 Å². The Kier molecular flexibility index (Phi) is 11.6. The summed E-state index contributed by atoms with van der Waals surface area (Å²) in [5.41, 5.74) is 0. The Morgan fingerprint density at radius 1 is 1.30 bits per heavy atom. The van der Waals surface area contributed by atoms with Crippen LogP contribution in [-0.4, -0.2) is 11.1 Å². The minimum Gasteiger partial charge on any atom is -0.481 e. The van der Waals surface area contributed by atoms with Crippen LogP contribution in [0.2, 0.25) is 0 Å². The third-order valence-corrected chi connectivity index (χ3v) is 1.24. The summed E-state index contributed by atoms with van der Waals surface area (Å²) in [7, 11) is 0. The Morgan fingerprint density at radius 2 is 1.90 bits per heavy atom. The summed E-state index contributed by atoms with van der Waals surface area (Å²) in [6, 6.07) is 0. The third-order valence-electron chi connectivity index (χ3n) is 1.24. The molecule has 0 heterocycles. The van der Waals surface area contributed by atoms with Crippen molar-refractivity contribution < 1.29 is 29.4 Å². The molecule has 0 rings (SSSR count). The molecule has 0 bridgehead atoms. The maximum absolute atomic E-state index is 9.96. The van der Waals surface area contributed by atoms with Gasteiger partial charge >= 0.3 is 5.97 Å². The van der Waals surface area contributed by atoms with Crippen LogP contribution in [0.4, 0.5) is 0 Å². The fourth-order valence-electron chi connectivity index (χ4n) is 0.703. The van der Waals surface area contributed by atoms with Crippen molar-refractivity contribution in [3.8, 4) is 0 Å². The van der Waals surface area contributed by atoms with Crippen molar-refractivity contribution in [1.82, 2.24) is 0 Å². The number of hydrogen-bond acceptors (Lipinski definition) is 1. The van der Waals surface area contributed by atoms with E-state index < -0.39 is 5.97 Å². The largest absolute Gasteiger partial charge is 0.481 e. The van der Waals surface area contributed by atoms with Gasteiger partial charge in [-0.1, -0.05) is 26.2 Å². The number of carboxylic acids is 1. The molecular formula is C7H14O2Rh. The van der Waals surface area contributed by atoms with Crippen molar-refractivity contribution in [2.75, 3.05) is 0 Å². The number of aliphatic carboxylic acids is 1. The fourth-order valence-corrected chi connectivity index (χ4v) is 0.703. The average molecular weight is 233 g/mol. The van der Waals surface area contributed by atoms with E-state index in [0.29, 0.717) is 6.42 Å². The SMILES string of the molecule is CCCCCCC(=O)O.[Rh]. The van der Waals surface area contributed by atoms with E-state index in [1.54, 1.807) is 0 Å². The first-order valence-electron chi connectivity index (χ1n) is 3.49. The zero-order valence-corrected chi connectivity index (χ0v) is 7.86. The monoisotopic (exact) mass is 233 g/mol. The smallest absolute Gasteiger partial charge is 0.303 e. The van der Waals surface area contributed by atoms with Crippen molar-refractivity contribution in [1.29, 1.82) is 0 Å². The molecule has 3 heteroatoms. The molecule has 0 amide bonds. The third kappa shape index (κ3) is 11.0. The summed E-state index contributed by atoms with van der Waals surface area (Å²) in [5, 5.41) is 8.21. The Bertz CT molecular complexity index is 83.7. The van der Waals surface area contributed by atoms with Crippen LogP contribution in [0.1, 0.15) is 39.0 Å². The van der Waals surface area contributed by atoms with E-state index in [4.69, 9.17) is 5.11 Å². The fraction of sp³-hybridized carbons (Fsp3) is 0.857. The predicted molar refractivity (Wildman–Crippen MR) is 36.4 cm³/mol. The zero-order valence-electron chi connectivity index (χ0n) is 6.22. The van der Waals surface area contributed by atoms with Crippen molar-refractivity contribution in [3.05, 3.63) is 0 Å². The molecule has 0 fully saturated rings. The number of carboxylic acid groups (broad SMARTS) is 1. The van der Waals surface area contributed by atoms with Gasteiger partial charge in [0.25, 0.3) is 0 Å². The van der Waals surface area contributed by atoms with Crippen LogP contribution in [0.15, 0.2) is 0 Å². The summed E-state index contributed by atoms with van der Waals surface area (Å²) in [6.45, 7) is 2.11. The van der Waals surface area contributed by atoms with E-state index >= 15 is 0 Å². The molecule has 0 saturated heterocycles. The standard InChI is InChI=1S/C7H14O2.Rh/c1-2-3-4-5-6-7(8)9;/h2-6H2,1H3,(H,8,9);. The number of hydrogen-bond donors (Lipinski definition) is 1. The van der Waals surface area contributed by atoms with Gasteiger partial charge in [-0.05, 0) is 6.42 Å². The Morgan fingerprint density at radius 3 is 2.30 bits per heavy atom. The van der Waals surface area contributed by atoms with Gasteiger partial charge in [-0.2, -0.15) is 0 Å². The van der Waals surface area contributed by atoms with E-state index in [1.807, 2.05) is 0 Å². The van der Waals surface area contributed by atoms with Gasteiger partial charge in [-0.25, -0.2) is 0 Å². The van der Waals surface area contributed by atoms with Crippen LogP contribution >= 0.6 is 0 Å². The first kappa shape index (κ1) is 12.7. The molecule has 0 aliphatic heterocycles. The van der Waals surface area contributed by atoms with E-state index in [2.05, 4.69) is 6.92 Å². The van der Waals surface area contributed by atoms with Crippen molar-refractivity contribution in [2.24, 2.45) is 0 Å². The van der Waals surface area contributed by atoms with Crippen LogP contribution in [0, 0.1) is 0 Å². The van der Waals surface area contributed by atoms with Crippen LogP contribution in [0.25, 0.3) is 0 Å². The Balaban J connectivity index is 0. The molecule has 10 heavy (non-hydrogen) atoms. The summed E-state index contributed by atoms with van der Waals surface area (Å²) in [4.78, 5) is 9.96. The molecule has 0 unspecified atom stereocenters. The average Bonchev–Trinajstić information content (AvgIpc) is 1.80. The van der Waals surface area contributed by atoms with Crippen LogP contribution in [0.3, 0.4) is 0 Å².